The quantitative estimate of drug-likeness (QED) is 0.899. The van der Waals surface area contributed by atoms with Crippen LogP contribution in [0.2, 0.25) is 0 Å². The Labute approximate surface area is 119 Å². The van der Waals surface area contributed by atoms with E-state index in [4.69, 9.17) is 0 Å². The summed E-state index contributed by atoms with van der Waals surface area (Å²) in [5.74, 6) is -1.62. The maximum Gasteiger partial charge on any atom is 0.455 e. The topological polar surface area (TPSA) is 74.5 Å². The summed E-state index contributed by atoms with van der Waals surface area (Å²) < 4.78 is 41.3. The summed E-state index contributed by atoms with van der Waals surface area (Å²) in [6, 6.07) is -0.350. The highest BCUT2D eigenvalue weighted by Gasteiger charge is 2.37. The number of carbonyl (C=O) groups is 1. The third kappa shape index (κ3) is 4.06. The first kappa shape index (κ1) is 15.5. The zero-order valence-corrected chi connectivity index (χ0v) is 11.5. The molecule has 1 fully saturated rings. The minimum Gasteiger partial charge on any atom is -0.337 e. The van der Waals surface area contributed by atoms with Gasteiger partial charge in [-0.05, 0) is 6.54 Å². The van der Waals surface area contributed by atoms with Gasteiger partial charge >= 0.3 is 12.2 Å². The zero-order chi connectivity index (χ0) is 15.5. The number of nitrogens with zero attached hydrogens (tertiary/aromatic N) is 4. The summed E-state index contributed by atoms with van der Waals surface area (Å²) in [7, 11) is 0. The van der Waals surface area contributed by atoms with Crippen molar-refractivity contribution >= 4 is 6.03 Å². The van der Waals surface area contributed by atoms with Crippen LogP contribution in [0.1, 0.15) is 18.6 Å². The van der Waals surface area contributed by atoms with E-state index in [1.165, 1.54) is 0 Å². The summed E-state index contributed by atoms with van der Waals surface area (Å²) >= 11 is 0. The molecule has 2 heterocycles. The number of piperazine rings is 1. The number of alkyl halides is 3. The molecule has 21 heavy (non-hydrogen) atoms. The highest BCUT2D eigenvalue weighted by atomic mass is 19.4. The van der Waals surface area contributed by atoms with Gasteiger partial charge in [0.2, 0.25) is 5.89 Å². The lowest BCUT2D eigenvalue weighted by molar-refractivity contribution is -0.146. The molecule has 1 aliphatic rings. The van der Waals surface area contributed by atoms with Gasteiger partial charge in [0.1, 0.15) is 0 Å². The van der Waals surface area contributed by atoms with Crippen molar-refractivity contribution in [3.8, 4) is 0 Å². The molecule has 0 unspecified atom stereocenters. The Hall–Kier alpha value is -1.84. The van der Waals surface area contributed by atoms with Gasteiger partial charge in [0.05, 0.1) is 6.54 Å². The molecule has 0 bridgehead atoms. The number of urea groups is 1. The Morgan fingerprint density at radius 2 is 2.00 bits per heavy atom. The number of hydrogen-bond donors (Lipinski definition) is 1. The van der Waals surface area contributed by atoms with Crippen LogP contribution in [0.25, 0.3) is 0 Å². The maximum absolute atomic E-state index is 12.3. The fourth-order valence-electron chi connectivity index (χ4n) is 1.97. The lowest BCUT2D eigenvalue weighted by Crippen LogP contribution is -2.51. The molecule has 1 saturated heterocycles. The molecule has 7 nitrogen and oxygen atoms in total. The van der Waals surface area contributed by atoms with E-state index in [2.05, 4.69) is 24.9 Å². The lowest BCUT2D eigenvalue weighted by Gasteiger charge is -2.33. The van der Waals surface area contributed by atoms with Crippen LogP contribution in [0.3, 0.4) is 0 Å². The number of carbonyl (C=O) groups excluding carboxylic acids is 1. The Kier molecular flexibility index (Phi) is 4.66. The van der Waals surface area contributed by atoms with E-state index in [0.29, 0.717) is 13.1 Å². The van der Waals surface area contributed by atoms with E-state index in [0.717, 1.165) is 19.6 Å². The number of hydrogen-bond acceptors (Lipinski definition) is 5. The van der Waals surface area contributed by atoms with Crippen LogP contribution in [-0.2, 0) is 12.7 Å². The molecular formula is C11H16F3N5O2. The van der Waals surface area contributed by atoms with E-state index in [9.17, 15) is 18.0 Å². The van der Waals surface area contributed by atoms with Crippen LogP contribution in [0.5, 0.6) is 0 Å². The number of halogens is 3. The van der Waals surface area contributed by atoms with Crippen molar-refractivity contribution < 1.29 is 22.5 Å². The van der Waals surface area contributed by atoms with Crippen molar-refractivity contribution in [2.24, 2.45) is 0 Å². The molecule has 1 aromatic heterocycles. The number of aromatic nitrogens is 2. The van der Waals surface area contributed by atoms with E-state index < -0.39 is 12.0 Å². The highest BCUT2D eigenvalue weighted by molar-refractivity contribution is 5.74. The van der Waals surface area contributed by atoms with Gasteiger partial charge in [-0.1, -0.05) is 12.1 Å². The third-order valence-electron chi connectivity index (χ3n) is 3.22. The summed E-state index contributed by atoms with van der Waals surface area (Å²) in [6.45, 7) is 5.47. The first-order valence-corrected chi connectivity index (χ1v) is 6.55. The van der Waals surface area contributed by atoms with E-state index >= 15 is 0 Å². The van der Waals surface area contributed by atoms with Gasteiger partial charge in [-0.15, -0.1) is 0 Å². The van der Waals surface area contributed by atoms with Gasteiger partial charge in [-0.25, -0.2) is 4.79 Å². The minimum absolute atomic E-state index is 0.226. The first-order chi connectivity index (χ1) is 9.90. The van der Waals surface area contributed by atoms with Crippen molar-refractivity contribution in [3.05, 3.63) is 11.7 Å². The van der Waals surface area contributed by atoms with E-state index in [-0.39, 0.29) is 18.5 Å². The van der Waals surface area contributed by atoms with E-state index in [1.54, 1.807) is 4.90 Å². The predicted octanol–water partition coefficient (Wildman–Crippen LogP) is 0.935. The molecule has 0 saturated carbocycles. The fourth-order valence-corrected chi connectivity index (χ4v) is 1.97. The summed E-state index contributed by atoms with van der Waals surface area (Å²) in [4.78, 5) is 18.8. The molecule has 0 aromatic carbocycles. The van der Waals surface area contributed by atoms with Crippen molar-refractivity contribution in [1.82, 2.24) is 25.3 Å². The average molecular weight is 307 g/mol. The predicted molar refractivity (Wildman–Crippen MR) is 65.2 cm³/mol. The number of likely N-dealkylation sites (N-methyl/N-ethyl adjacent to an activating group) is 1. The molecule has 2 rings (SSSR count). The first-order valence-electron chi connectivity index (χ1n) is 6.55. The molecule has 0 aliphatic carbocycles. The Morgan fingerprint density at radius 3 is 2.52 bits per heavy atom. The molecule has 0 atom stereocenters. The van der Waals surface area contributed by atoms with Crippen molar-refractivity contribution in [1.29, 1.82) is 0 Å². The summed E-state index contributed by atoms with van der Waals surface area (Å²) in [5, 5.41) is 5.29. The van der Waals surface area contributed by atoms with Crippen LogP contribution < -0.4 is 5.32 Å². The van der Waals surface area contributed by atoms with Gasteiger partial charge in [0.25, 0.3) is 5.82 Å². The summed E-state index contributed by atoms with van der Waals surface area (Å²) in [6.07, 6.45) is -4.65. The van der Waals surface area contributed by atoms with Crippen molar-refractivity contribution in [2.75, 3.05) is 32.7 Å². The standard InChI is InChI=1S/C11H16F3N5O2/c1-2-18-3-5-19(6-4-18)10(20)15-7-8-16-9(17-21-8)11(12,13)14/h2-7H2,1H3,(H,15,20). The fraction of sp³-hybridized carbons (Fsp3) is 0.727. The third-order valence-corrected chi connectivity index (χ3v) is 3.22. The zero-order valence-electron chi connectivity index (χ0n) is 11.5. The van der Waals surface area contributed by atoms with Gasteiger partial charge in [-0.2, -0.15) is 18.2 Å². The molecular weight excluding hydrogens is 291 g/mol. The molecule has 118 valence electrons. The van der Waals surface area contributed by atoms with Gasteiger partial charge in [0.15, 0.2) is 0 Å². The van der Waals surface area contributed by atoms with Crippen molar-refractivity contribution in [3.63, 3.8) is 0 Å². The largest absolute Gasteiger partial charge is 0.455 e. The Bertz CT molecular complexity index is 482. The molecule has 0 radical (unpaired) electrons. The van der Waals surface area contributed by atoms with Crippen LogP contribution >= 0.6 is 0 Å². The molecule has 2 amide bonds. The molecule has 10 heteroatoms. The number of amides is 2. The molecule has 1 aromatic rings. The number of nitrogens with one attached hydrogen (secondary N) is 1. The smallest absolute Gasteiger partial charge is 0.337 e. The Balaban J connectivity index is 1.80. The van der Waals surface area contributed by atoms with Crippen molar-refractivity contribution in [2.45, 2.75) is 19.6 Å². The van der Waals surface area contributed by atoms with Crippen LogP contribution in [0.15, 0.2) is 4.52 Å². The van der Waals surface area contributed by atoms with Crippen LogP contribution in [-0.4, -0.2) is 58.7 Å². The second-order valence-corrected chi connectivity index (χ2v) is 4.59. The van der Waals surface area contributed by atoms with E-state index in [1.807, 2.05) is 6.92 Å². The number of rotatable bonds is 3. The normalized spacial score (nSPS) is 17.0. The lowest BCUT2D eigenvalue weighted by atomic mass is 10.3. The molecule has 1 aliphatic heterocycles. The molecule has 0 spiro atoms. The van der Waals surface area contributed by atoms with Gasteiger partial charge < -0.3 is 19.6 Å². The SMILES string of the molecule is CCN1CCN(C(=O)NCc2nc(C(F)(F)F)no2)CC1. The van der Waals surface area contributed by atoms with Gasteiger partial charge in [0, 0.05) is 26.2 Å². The molecule has 1 N–H and O–H groups in total. The van der Waals surface area contributed by atoms with Gasteiger partial charge in [-0.3, -0.25) is 0 Å². The average Bonchev–Trinajstić information content (AvgIpc) is 2.94. The monoisotopic (exact) mass is 307 g/mol. The minimum atomic E-state index is -4.65. The highest BCUT2D eigenvalue weighted by Crippen LogP contribution is 2.26. The van der Waals surface area contributed by atoms with Crippen LogP contribution in [0, 0.1) is 0 Å². The summed E-state index contributed by atoms with van der Waals surface area (Å²) in [5.41, 5.74) is 0. The second-order valence-electron chi connectivity index (χ2n) is 4.59. The maximum atomic E-state index is 12.3. The Morgan fingerprint density at radius 1 is 1.33 bits per heavy atom. The second kappa shape index (κ2) is 6.29. The van der Waals surface area contributed by atoms with Crippen LogP contribution in [0.4, 0.5) is 18.0 Å².